The van der Waals surface area contributed by atoms with Crippen molar-refractivity contribution in [2.45, 2.75) is 0 Å². The van der Waals surface area contributed by atoms with Crippen LogP contribution in [0, 0.1) is 0 Å². The molecule has 148 valence electrons. The predicted molar refractivity (Wildman–Crippen MR) is 112 cm³/mol. The van der Waals surface area contributed by atoms with E-state index in [1.54, 1.807) is 37.8 Å². The molecule has 1 N–H and O–H groups in total. The molecule has 0 spiro atoms. The first kappa shape index (κ1) is 18.7. The van der Waals surface area contributed by atoms with Crippen LogP contribution in [0.15, 0.2) is 61.1 Å². The average molecular weight is 390 g/mol. The zero-order valence-electron chi connectivity index (χ0n) is 16.2. The molecule has 1 aliphatic rings. The molecule has 2 aromatic heterocycles. The standard InChI is InChI=1S/C21H22N6O2/c1-29-18-5-2-4-17(15-18)25-20(28)16-6-9-22-19(14-16)26-10-12-27(13-11-26)21-23-7-3-8-24-21/h2-9,14-15H,10-13H2,1H3,(H,25,28). The minimum Gasteiger partial charge on any atom is -0.497 e. The number of amides is 1. The maximum Gasteiger partial charge on any atom is 0.255 e. The maximum absolute atomic E-state index is 12.7. The largest absolute Gasteiger partial charge is 0.497 e. The Morgan fingerprint density at radius 1 is 0.931 bits per heavy atom. The number of aromatic nitrogens is 3. The summed E-state index contributed by atoms with van der Waals surface area (Å²) in [4.78, 5) is 30.1. The zero-order chi connectivity index (χ0) is 20.1. The Bertz CT molecular complexity index is 974. The Balaban J connectivity index is 1.41. The normalized spacial score (nSPS) is 13.8. The summed E-state index contributed by atoms with van der Waals surface area (Å²) in [7, 11) is 1.60. The maximum atomic E-state index is 12.7. The number of rotatable bonds is 5. The van der Waals surface area contributed by atoms with Gasteiger partial charge in [0.1, 0.15) is 11.6 Å². The van der Waals surface area contributed by atoms with Crippen molar-refractivity contribution in [3.63, 3.8) is 0 Å². The number of hydrogen-bond donors (Lipinski definition) is 1. The van der Waals surface area contributed by atoms with E-state index in [9.17, 15) is 4.79 Å². The minimum absolute atomic E-state index is 0.182. The molecule has 0 bridgehead atoms. The second kappa shape index (κ2) is 8.55. The van der Waals surface area contributed by atoms with Crippen molar-refractivity contribution < 1.29 is 9.53 Å². The van der Waals surface area contributed by atoms with Crippen LogP contribution < -0.4 is 19.9 Å². The minimum atomic E-state index is -0.182. The fourth-order valence-corrected chi connectivity index (χ4v) is 3.23. The van der Waals surface area contributed by atoms with Gasteiger partial charge in [0.05, 0.1) is 7.11 Å². The monoisotopic (exact) mass is 390 g/mol. The van der Waals surface area contributed by atoms with Gasteiger partial charge in [-0.1, -0.05) is 6.07 Å². The number of hydrogen-bond acceptors (Lipinski definition) is 7. The van der Waals surface area contributed by atoms with E-state index in [4.69, 9.17) is 4.74 Å². The third kappa shape index (κ3) is 4.43. The SMILES string of the molecule is COc1cccc(NC(=O)c2ccnc(N3CCN(c4ncccn4)CC3)c2)c1. The third-order valence-corrected chi connectivity index (χ3v) is 4.77. The Morgan fingerprint density at radius 2 is 1.69 bits per heavy atom. The van der Waals surface area contributed by atoms with Crippen LogP contribution in [0.2, 0.25) is 0 Å². The smallest absolute Gasteiger partial charge is 0.255 e. The number of piperazine rings is 1. The first-order valence-electron chi connectivity index (χ1n) is 9.41. The van der Waals surface area contributed by atoms with E-state index < -0.39 is 0 Å². The number of nitrogens with one attached hydrogen (secondary N) is 1. The molecule has 3 heterocycles. The molecule has 4 rings (SSSR count). The molecule has 0 atom stereocenters. The van der Waals surface area contributed by atoms with Crippen LogP contribution in [0.25, 0.3) is 0 Å². The van der Waals surface area contributed by atoms with Crippen LogP contribution in [-0.4, -0.2) is 54.1 Å². The molecule has 29 heavy (non-hydrogen) atoms. The van der Waals surface area contributed by atoms with Crippen molar-refractivity contribution >= 4 is 23.4 Å². The molecule has 0 aliphatic carbocycles. The lowest BCUT2D eigenvalue weighted by Gasteiger charge is -2.35. The lowest BCUT2D eigenvalue weighted by Crippen LogP contribution is -2.47. The Labute approximate surface area is 169 Å². The van der Waals surface area contributed by atoms with E-state index in [0.29, 0.717) is 17.0 Å². The van der Waals surface area contributed by atoms with Gasteiger partial charge in [-0.2, -0.15) is 0 Å². The van der Waals surface area contributed by atoms with Gasteiger partial charge in [-0.25, -0.2) is 15.0 Å². The van der Waals surface area contributed by atoms with Gasteiger partial charge in [0.2, 0.25) is 5.95 Å². The summed E-state index contributed by atoms with van der Waals surface area (Å²) >= 11 is 0. The van der Waals surface area contributed by atoms with E-state index in [2.05, 4.69) is 30.1 Å². The van der Waals surface area contributed by atoms with Gasteiger partial charge in [-0.05, 0) is 30.3 Å². The highest BCUT2D eigenvalue weighted by molar-refractivity contribution is 6.04. The van der Waals surface area contributed by atoms with Crippen molar-refractivity contribution in [1.29, 1.82) is 0 Å². The third-order valence-electron chi connectivity index (χ3n) is 4.77. The summed E-state index contributed by atoms with van der Waals surface area (Å²) in [6.45, 7) is 3.16. The topological polar surface area (TPSA) is 83.5 Å². The van der Waals surface area contributed by atoms with E-state index in [0.717, 1.165) is 37.9 Å². The van der Waals surface area contributed by atoms with Crippen molar-refractivity contribution in [2.75, 3.05) is 48.4 Å². The van der Waals surface area contributed by atoms with Crippen molar-refractivity contribution in [3.8, 4) is 5.75 Å². The molecule has 1 amide bonds. The average Bonchev–Trinajstić information content (AvgIpc) is 2.80. The first-order valence-corrected chi connectivity index (χ1v) is 9.41. The molecule has 1 aromatic carbocycles. The predicted octanol–water partition coefficient (Wildman–Crippen LogP) is 2.46. The summed E-state index contributed by atoms with van der Waals surface area (Å²) in [6.07, 6.45) is 5.17. The number of ether oxygens (including phenoxy) is 1. The van der Waals surface area contributed by atoms with Crippen LogP contribution in [0.1, 0.15) is 10.4 Å². The van der Waals surface area contributed by atoms with Gasteiger partial charge in [0.25, 0.3) is 5.91 Å². The zero-order valence-corrected chi connectivity index (χ0v) is 16.2. The second-order valence-electron chi connectivity index (χ2n) is 6.61. The number of benzene rings is 1. The molecule has 0 unspecified atom stereocenters. The Hall–Kier alpha value is -3.68. The summed E-state index contributed by atoms with van der Waals surface area (Å²) < 4.78 is 5.20. The number of nitrogens with zero attached hydrogens (tertiary/aromatic N) is 5. The van der Waals surface area contributed by atoms with Crippen LogP contribution in [0.5, 0.6) is 5.75 Å². The molecule has 1 saturated heterocycles. The van der Waals surface area contributed by atoms with Crippen LogP contribution in [0.3, 0.4) is 0 Å². The van der Waals surface area contributed by atoms with Gasteiger partial charge < -0.3 is 19.9 Å². The van der Waals surface area contributed by atoms with Crippen molar-refractivity contribution in [1.82, 2.24) is 15.0 Å². The van der Waals surface area contributed by atoms with E-state index in [-0.39, 0.29) is 5.91 Å². The second-order valence-corrected chi connectivity index (χ2v) is 6.61. The van der Waals surface area contributed by atoms with Gasteiger partial charge in [-0.3, -0.25) is 4.79 Å². The Kier molecular flexibility index (Phi) is 5.51. The fraction of sp³-hybridized carbons (Fsp3) is 0.238. The Morgan fingerprint density at radius 3 is 2.45 bits per heavy atom. The highest BCUT2D eigenvalue weighted by Crippen LogP contribution is 2.20. The van der Waals surface area contributed by atoms with Gasteiger partial charge in [-0.15, -0.1) is 0 Å². The summed E-state index contributed by atoms with van der Waals surface area (Å²) in [5.41, 5.74) is 1.25. The summed E-state index contributed by atoms with van der Waals surface area (Å²) in [5.74, 6) is 2.04. The number of pyridine rings is 1. The number of anilines is 3. The number of methoxy groups -OCH3 is 1. The van der Waals surface area contributed by atoms with E-state index >= 15 is 0 Å². The molecule has 8 heteroatoms. The molecule has 0 radical (unpaired) electrons. The van der Waals surface area contributed by atoms with Crippen molar-refractivity contribution in [3.05, 3.63) is 66.6 Å². The number of carbonyl (C=O) groups is 1. The fourth-order valence-electron chi connectivity index (χ4n) is 3.23. The lowest BCUT2D eigenvalue weighted by atomic mass is 10.2. The van der Waals surface area contributed by atoms with Gasteiger partial charge in [0, 0.05) is 62.1 Å². The highest BCUT2D eigenvalue weighted by atomic mass is 16.5. The summed E-state index contributed by atoms with van der Waals surface area (Å²) in [5, 5.41) is 2.90. The lowest BCUT2D eigenvalue weighted by molar-refractivity contribution is 0.102. The number of carbonyl (C=O) groups excluding carboxylic acids is 1. The van der Waals surface area contributed by atoms with Crippen LogP contribution >= 0.6 is 0 Å². The van der Waals surface area contributed by atoms with Gasteiger partial charge in [0.15, 0.2) is 0 Å². The molecular weight excluding hydrogens is 368 g/mol. The summed E-state index contributed by atoms with van der Waals surface area (Å²) in [6, 6.07) is 12.6. The highest BCUT2D eigenvalue weighted by Gasteiger charge is 2.20. The molecular formula is C21H22N6O2. The van der Waals surface area contributed by atoms with Gasteiger partial charge >= 0.3 is 0 Å². The molecule has 3 aromatic rings. The van der Waals surface area contributed by atoms with Crippen molar-refractivity contribution in [2.24, 2.45) is 0 Å². The molecule has 1 aliphatic heterocycles. The molecule has 0 saturated carbocycles. The van der Waals surface area contributed by atoms with E-state index in [1.165, 1.54) is 0 Å². The quantitative estimate of drug-likeness (QED) is 0.716. The molecule has 1 fully saturated rings. The first-order chi connectivity index (χ1) is 14.2. The molecule has 8 nitrogen and oxygen atoms in total. The van der Waals surface area contributed by atoms with Crippen LogP contribution in [-0.2, 0) is 0 Å². The van der Waals surface area contributed by atoms with Crippen LogP contribution in [0.4, 0.5) is 17.5 Å². The van der Waals surface area contributed by atoms with E-state index in [1.807, 2.05) is 30.3 Å².